The summed E-state index contributed by atoms with van der Waals surface area (Å²) in [5, 5.41) is 11.6. The molecule has 4 fully saturated rings. The van der Waals surface area contributed by atoms with Gasteiger partial charge in [-0.1, -0.05) is 32.4 Å². The van der Waals surface area contributed by atoms with Crippen LogP contribution < -0.4 is 0 Å². The minimum atomic E-state index is -1.12. The molecule has 3 aliphatic carbocycles. The van der Waals surface area contributed by atoms with Crippen LogP contribution >= 0.6 is 0 Å². The van der Waals surface area contributed by atoms with Gasteiger partial charge in [-0.25, -0.2) is 4.79 Å². The molecule has 2 saturated heterocycles. The van der Waals surface area contributed by atoms with Crippen LogP contribution in [0.3, 0.4) is 0 Å². The lowest BCUT2D eigenvalue weighted by Crippen LogP contribution is -2.72. The van der Waals surface area contributed by atoms with Crippen molar-refractivity contribution in [3.8, 4) is 0 Å². The van der Waals surface area contributed by atoms with Crippen molar-refractivity contribution in [2.45, 2.75) is 117 Å². The van der Waals surface area contributed by atoms with E-state index in [4.69, 9.17) is 28.1 Å². The predicted molar refractivity (Wildman–Crippen MR) is 160 cm³/mol. The van der Waals surface area contributed by atoms with Gasteiger partial charge in [0.1, 0.15) is 18.3 Å². The van der Waals surface area contributed by atoms with E-state index < -0.39 is 71.0 Å². The van der Waals surface area contributed by atoms with Crippen molar-refractivity contribution in [1.82, 2.24) is 0 Å². The molecule has 2 saturated carbocycles. The highest BCUT2D eigenvalue weighted by Gasteiger charge is 2.77. The van der Waals surface area contributed by atoms with E-state index in [-0.39, 0.29) is 37.2 Å². The van der Waals surface area contributed by atoms with E-state index in [2.05, 4.69) is 20.8 Å². The molecule has 12 atom stereocenters. The number of aliphatic hydroxyl groups is 1. The highest BCUT2D eigenvalue weighted by Crippen LogP contribution is 2.72. The van der Waals surface area contributed by atoms with Gasteiger partial charge in [0.25, 0.3) is 0 Å². The van der Waals surface area contributed by atoms with Crippen LogP contribution in [-0.4, -0.2) is 66.4 Å². The molecular formula is C35H46O10. The van der Waals surface area contributed by atoms with E-state index in [1.54, 1.807) is 32.4 Å². The van der Waals surface area contributed by atoms with Crippen LogP contribution in [-0.2, 0) is 38.1 Å². The molecule has 0 aromatic carbocycles. The molecule has 1 aromatic heterocycles. The Hall–Kier alpha value is -2.95. The predicted octanol–water partition coefficient (Wildman–Crippen LogP) is 5.00. The van der Waals surface area contributed by atoms with Gasteiger partial charge in [-0.3, -0.25) is 9.59 Å². The maximum atomic E-state index is 13.7. The third-order valence-electron chi connectivity index (χ3n) is 12.1. The number of carbonyl (C=O) groups is 3. The summed E-state index contributed by atoms with van der Waals surface area (Å²) in [6.45, 7) is 14.9. The number of hydrogen-bond donors (Lipinski definition) is 1. The summed E-state index contributed by atoms with van der Waals surface area (Å²) < 4.78 is 37.2. The van der Waals surface area contributed by atoms with Gasteiger partial charge in [0, 0.05) is 60.3 Å². The number of esters is 3. The third-order valence-corrected chi connectivity index (χ3v) is 12.1. The van der Waals surface area contributed by atoms with Crippen LogP contribution in [0, 0.1) is 28.1 Å². The van der Waals surface area contributed by atoms with Gasteiger partial charge in [0.2, 0.25) is 0 Å². The molecule has 0 unspecified atom stereocenters. The van der Waals surface area contributed by atoms with E-state index in [9.17, 15) is 19.5 Å². The monoisotopic (exact) mass is 626 g/mol. The summed E-state index contributed by atoms with van der Waals surface area (Å²) >= 11 is 0. The lowest BCUT2D eigenvalue weighted by Gasteiger charge is -2.66. The zero-order chi connectivity index (χ0) is 32.6. The second-order valence-corrected chi connectivity index (χ2v) is 14.4. The fourth-order valence-electron chi connectivity index (χ4n) is 10.3. The summed E-state index contributed by atoms with van der Waals surface area (Å²) in [6, 6.07) is 1.94. The van der Waals surface area contributed by atoms with Crippen LogP contribution in [0.15, 0.2) is 45.8 Å². The van der Waals surface area contributed by atoms with Gasteiger partial charge >= 0.3 is 17.9 Å². The average Bonchev–Trinajstić information content (AvgIpc) is 3.68. The zero-order valence-electron chi connectivity index (χ0n) is 27.5. The molecular weight excluding hydrogens is 580 g/mol. The smallest absolute Gasteiger partial charge is 0.333 e. The Morgan fingerprint density at radius 1 is 1.00 bits per heavy atom. The van der Waals surface area contributed by atoms with Crippen LogP contribution in [0.25, 0.3) is 0 Å². The van der Waals surface area contributed by atoms with Gasteiger partial charge in [0.15, 0.2) is 6.29 Å². The van der Waals surface area contributed by atoms with E-state index >= 15 is 0 Å². The summed E-state index contributed by atoms with van der Waals surface area (Å²) in [5.41, 5.74) is 1.18. The largest absolute Gasteiger partial charge is 0.472 e. The van der Waals surface area contributed by atoms with E-state index in [0.29, 0.717) is 12.0 Å². The Bertz CT molecular complexity index is 1430. The number of aliphatic hydroxyl groups excluding tert-OH is 1. The summed E-state index contributed by atoms with van der Waals surface area (Å²) in [5.74, 6) is -2.08. The number of allylic oxidation sites excluding steroid dienone is 2. The van der Waals surface area contributed by atoms with Crippen molar-refractivity contribution in [3.05, 3.63) is 47.0 Å². The number of carbonyl (C=O) groups excluding carboxylic acids is 3. The Kier molecular flexibility index (Phi) is 7.89. The maximum Gasteiger partial charge on any atom is 0.333 e. The first kappa shape index (κ1) is 32.0. The van der Waals surface area contributed by atoms with Gasteiger partial charge in [0.05, 0.1) is 31.3 Å². The topological polar surface area (TPSA) is 131 Å². The first-order valence-electron chi connectivity index (χ1n) is 16.0. The second kappa shape index (κ2) is 11.1. The Balaban J connectivity index is 1.61. The van der Waals surface area contributed by atoms with Crippen molar-refractivity contribution < 1.29 is 47.6 Å². The molecule has 45 heavy (non-hydrogen) atoms. The molecule has 10 heteroatoms. The molecule has 0 spiro atoms. The summed E-state index contributed by atoms with van der Waals surface area (Å²) in [4.78, 5) is 38.7. The van der Waals surface area contributed by atoms with Crippen LogP contribution in [0.5, 0.6) is 0 Å². The Labute approximate surface area is 264 Å². The summed E-state index contributed by atoms with van der Waals surface area (Å²) in [6.07, 6.45) is 1.99. The molecule has 0 radical (unpaired) electrons. The summed E-state index contributed by atoms with van der Waals surface area (Å²) in [7, 11) is 0. The van der Waals surface area contributed by atoms with Gasteiger partial charge in [-0.15, -0.1) is 0 Å². The molecule has 0 bridgehead atoms. The molecule has 3 heterocycles. The van der Waals surface area contributed by atoms with Crippen molar-refractivity contribution in [2.24, 2.45) is 28.1 Å². The molecule has 2 aliphatic heterocycles. The number of fused-ring (bicyclic) bond motifs is 4. The van der Waals surface area contributed by atoms with E-state index in [1.807, 2.05) is 13.0 Å². The minimum Gasteiger partial charge on any atom is -0.472 e. The third kappa shape index (κ3) is 4.65. The fourth-order valence-corrected chi connectivity index (χ4v) is 10.3. The molecule has 1 aromatic rings. The van der Waals surface area contributed by atoms with Crippen molar-refractivity contribution in [1.29, 1.82) is 0 Å². The molecule has 10 nitrogen and oxygen atoms in total. The first-order chi connectivity index (χ1) is 21.2. The van der Waals surface area contributed by atoms with Crippen LogP contribution in [0.4, 0.5) is 0 Å². The molecule has 246 valence electrons. The van der Waals surface area contributed by atoms with Crippen LogP contribution in [0.2, 0.25) is 0 Å². The fraction of sp³-hybridized carbons (Fsp3) is 0.686. The molecule has 6 rings (SSSR count). The van der Waals surface area contributed by atoms with E-state index in [0.717, 1.165) is 16.7 Å². The van der Waals surface area contributed by atoms with Crippen LogP contribution in [0.1, 0.15) is 86.1 Å². The maximum absolute atomic E-state index is 13.7. The van der Waals surface area contributed by atoms with E-state index in [1.165, 1.54) is 13.8 Å². The number of furan rings is 1. The van der Waals surface area contributed by atoms with Gasteiger partial charge < -0.3 is 33.2 Å². The molecule has 1 N–H and O–H groups in total. The highest BCUT2D eigenvalue weighted by molar-refractivity contribution is 5.87. The molecule has 0 amide bonds. The lowest BCUT2D eigenvalue weighted by molar-refractivity contribution is -0.262. The number of hydrogen-bond acceptors (Lipinski definition) is 10. The number of ether oxygens (including phenoxy) is 5. The first-order valence-corrected chi connectivity index (χ1v) is 16.0. The van der Waals surface area contributed by atoms with Gasteiger partial charge in [-0.2, -0.15) is 0 Å². The molecule has 5 aliphatic rings. The Morgan fingerprint density at radius 3 is 2.31 bits per heavy atom. The van der Waals surface area contributed by atoms with Gasteiger partial charge in [-0.05, 0) is 50.3 Å². The highest BCUT2D eigenvalue weighted by atomic mass is 16.6. The lowest BCUT2D eigenvalue weighted by atomic mass is 9.39. The van der Waals surface area contributed by atoms with Crippen molar-refractivity contribution in [2.75, 3.05) is 6.61 Å². The second-order valence-electron chi connectivity index (χ2n) is 14.4. The normalized spacial score (nSPS) is 43.9. The van der Waals surface area contributed by atoms with Crippen molar-refractivity contribution in [3.63, 3.8) is 0 Å². The quantitative estimate of drug-likeness (QED) is 0.206. The minimum absolute atomic E-state index is 0.0237. The van der Waals surface area contributed by atoms with Crippen molar-refractivity contribution >= 4 is 17.9 Å². The standard InChI is InChI=1S/C35H46O10/c1-9-17(2)32(39)45-31-29-30-33(6,16-41-29)25(42-19(4)36)14-26(43-20(5)37)34(30,7)24-13-27(38)44-23-12-22(21-10-11-40-15-21)18(3)28(23)35(24,31)8/h9-11,15,22-27,29-31,38H,12-14,16H2,1-8H3/t22-,23+,24-,25-,26+,27+,29-,30+,31-,33-,34+,35-/m1/s1. The SMILES string of the molecule is CC=C(C)C(=O)O[C@@H]1[C@@H]2OC[C@]3(C)[C@H](OC(C)=O)C[C@H](OC(C)=O)[C@@](C)([C@@H]23)[C@H]2C[C@@H](O)O[C@H]3C[C@@H](c4ccoc4)C(C)=C3[C@]12C. The zero-order valence-corrected chi connectivity index (χ0v) is 27.5. The Morgan fingerprint density at radius 2 is 1.69 bits per heavy atom. The number of rotatable bonds is 5. The average molecular weight is 627 g/mol.